The minimum atomic E-state index is 0.681. The lowest BCUT2D eigenvalue weighted by Gasteiger charge is -2.28. The van der Waals surface area contributed by atoms with E-state index in [2.05, 4.69) is 35.8 Å². The molecule has 7 nitrogen and oxygen atoms in total. The number of anilines is 3. The fraction of sp³-hybridized carbons (Fsp3) is 0.350. The highest BCUT2D eigenvalue weighted by Gasteiger charge is 2.12. The van der Waals surface area contributed by atoms with Crippen LogP contribution in [0.2, 0.25) is 5.02 Å². The number of nitrogens with one attached hydrogen (secondary N) is 3. The number of hydrogen-bond donors (Lipinski definition) is 3. The third-order valence-electron chi connectivity index (χ3n) is 4.74. The molecule has 0 radical (unpaired) electrons. The summed E-state index contributed by atoms with van der Waals surface area (Å²) in [7, 11) is 0. The number of halogens is 1. The molecule has 28 heavy (non-hydrogen) atoms. The van der Waals surface area contributed by atoms with Crippen LogP contribution in [0.25, 0.3) is 10.9 Å². The lowest BCUT2D eigenvalue weighted by Crippen LogP contribution is -2.43. The van der Waals surface area contributed by atoms with Gasteiger partial charge in [0, 0.05) is 67.8 Å². The van der Waals surface area contributed by atoms with E-state index in [-0.39, 0.29) is 0 Å². The summed E-state index contributed by atoms with van der Waals surface area (Å²) >= 11 is 6.05. The number of aromatic nitrogens is 3. The third-order valence-corrected chi connectivity index (χ3v) is 4.97. The number of benzene rings is 1. The van der Waals surface area contributed by atoms with Crippen LogP contribution in [0.4, 0.5) is 17.5 Å². The molecule has 1 aromatic carbocycles. The normalized spacial score (nSPS) is 14.2. The molecule has 0 bridgehead atoms. The van der Waals surface area contributed by atoms with Gasteiger partial charge in [0.25, 0.3) is 0 Å². The van der Waals surface area contributed by atoms with Crippen LogP contribution in [-0.2, 0) is 0 Å². The molecule has 1 fully saturated rings. The number of fused-ring (bicyclic) bond motifs is 1. The van der Waals surface area contributed by atoms with Gasteiger partial charge in [0.2, 0.25) is 5.95 Å². The Morgan fingerprint density at radius 1 is 1.00 bits per heavy atom. The van der Waals surface area contributed by atoms with Gasteiger partial charge in [-0.25, -0.2) is 4.98 Å². The Kier molecular flexibility index (Phi) is 6.04. The molecule has 2 aromatic heterocycles. The van der Waals surface area contributed by atoms with Crippen LogP contribution in [0, 0.1) is 0 Å². The molecule has 0 spiro atoms. The van der Waals surface area contributed by atoms with Crippen molar-refractivity contribution in [1.29, 1.82) is 0 Å². The Morgan fingerprint density at radius 3 is 2.71 bits per heavy atom. The standard InChI is InChI=1S/C20H24ClN7/c21-15-2-3-16-17(4-8-24-18(16)14-15)23-6-1-7-25-20-26-9-5-19(27-20)28-12-10-22-11-13-28/h2-5,8-9,14,22H,1,6-7,10-13H2,(H,23,24)(H,25,26,27). The third kappa shape index (κ3) is 4.61. The second kappa shape index (κ2) is 9.03. The first kappa shape index (κ1) is 18.7. The number of rotatable bonds is 7. The second-order valence-corrected chi connectivity index (χ2v) is 7.14. The van der Waals surface area contributed by atoms with Crippen molar-refractivity contribution in [3.8, 4) is 0 Å². The second-order valence-electron chi connectivity index (χ2n) is 6.70. The van der Waals surface area contributed by atoms with E-state index in [1.807, 2.05) is 36.5 Å². The summed E-state index contributed by atoms with van der Waals surface area (Å²) in [4.78, 5) is 15.6. The number of hydrogen-bond acceptors (Lipinski definition) is 7. The molecule has 0 amide bonds. The summed E-state index contributed by atoms with van der Waals surface area (Å²) in [5.74, 6) is 1.67. The first-order valence-corrected chi connectivity index (χ1v) is 9.98. The molecule has 4 rings (SSSR count). The smallest absolute Gasteiger partial charge is 0.224 e. The van der Waals surface area contributed by atoms with E-state index >= 15 is 0 Å². The van der Waals surface area contributed by atoms with Crippen LogP contribution < -0.4 is 20.9 Å². The van der Waals surface area contributed by atoms with Gasteiger partial charge in [-0.2, -0.15) is 4.98 Å². The fourth-order valence-corrected chi connectivity index (χ4v) is 3.46. The summed E-state index contributed by atoms with van der Waals surface area (Å²) in [6.07, 6.45) is 4.56. The van der Waals surface area contributed by atoms with Gasteiger partial charge < -0.3 is 20.9 Å². The largest absolute Gasteiger partial charge is 0.384 e. The van der Waals surface area contributed by atoms with Crippen LogP contribution >= 0.6 is 11.6 Å². The summed E-state index contributed by atoms with van der Waals surface area (Å²) in [5.41, 5.74) is 1.97. The van der Waals surface area contributed by atoms with E-state index in [1.54, 1.807) is 6.20 Å². The summed E-state index contributed by atoms with van der Waals surface area (Å²) in [5, 5.41) is 11.9. The maximum atomic E-state index is 6.05. The summed E-state index contributed by atoms with van der Waals surface area (Å²) < 4.78 is 0. The van der Waals surface area contributed by atoms with Crippen molar-refractivity contribution in [2.75, 3.05) is 54.8 Å². The zero-order valence-corrected chi connectivity index (χ0v) is 16.4. The van der Waals surface area contributed by atoms with Crippen molar-refractivity contribution in [1.82, 2.24) is 20.3 Å². The van der Waals surface area contributed by atoms with Crippen molar-refractivity contribution in [3.63, 3.8) is 0 Å². The Bertz CT molecular complexity index is 927. The average Bonchev–Trinajstić information content (AvgIpc) is 2.74. The molecule has 0 aliphatic carbocycles. The SMILES string of the molecule is Clc1ccc2c(NCCCNc3nccc(N4CCNCC4)n3)ccnc2c1. The average molecular weight is 398 g/mol. The van der Waals surface area contributed by atoms with Crippen molar-refractivity contribution in [2.45, 2.75) is 6.42 Å². The fourth-order valence-electron chi connectivity index (χ4n) is 3.29. The van der Waals surface area contributed by atoms with E-state index in [1.165, 1.54) is 0 Å². The topological polar surface area (TPSA) is 78.0 Å². The Labute approximate surface area is 169 Å². The van der Waals surface area contributed by atoms with Crippen molar-refractivity contribution in [3.05, 3.63) is 47.7 Å². The predicted molar refractivity (Wildman–Crippen MR) is 115 cm³/mol. The highest BCUT2D eigenvalue weighted by molar-refractivity contribution is 6.31. The maximum absolute atomic E-state index is 6.05. The molecule has 1 saturated heterocycles. The first-order valence-electron chi connectivity index (χ1n) is 9.60. The molecular weight excluding hydrogens is 374 g/mol. The molecule has 0 atom stereocenters. The Morgan fingerprint density at radius 2 is 1.82 bits per heavy atom. The zero-order valence-electron chi connectivity index (χ0n) is 15.7. The van der Waals surface area contributed by atoms with Gasteiger partial charge in [0.05, 0.1) is 5.52 Å². The zero-order chi connectivity index (χ0) is 19.2. The van der Waals surface area contributed by atoms with Crippen molar-refractivity contribution < 1.29 is 0 Å². The van der Waals surface area contributed by atoms with Crippen LogP contribution in [0.5, 0.6) is 0 Å². The van der Waals surface area contributed by atoms with E-state index in [4.69, 9.17) is 11.6 Å². The molecule has 3 N–H and O–H groups in total. The van der Waals surface area contributed by atoms with E-state index in [0.717, 1.165) is 68.1 Å². The van der Waals surface area contributed by atoms with Crippen molar-refractivity contribution in [2.24, 2.45) is 0 Å². The van der Waals surface area contributed by atoms with Gasteiger partial charge in [-0.05, 0) is 36.8 Å². The number of piperazine rings is 1. The van der Waals surface area contributed by atoms with E-state index in [0.29, 0.717) is 11.0 Å². The molecule has 0 unspecified atom stereocenters. The summed E-state index contributed by atoms with van der Waals surface area (Å²) in [6.45, 7) is 5.58. The highest BCUT2D eigenvalue weighted by atomic mass is 35.5. The molecule has 1 aliphatic heterocycles. The van der Waals surface area contributed by atoms with Crippen LogP contribution in [0.15, 0.2) is 42.7 Å². The lowest BCUT2D eigenvalue weighted by molar-refractivity contribution is 0.584. The number of pyridine rings is 1. The Hall–Kier alpha value is -2.64. The molecule has 1 aliphatic rings. The summed E-state index contributed by atoms with van der Waals surface area (Å²) in [6, 6.07) is 9.73. The molecule has 3 heterocycles. The van der Waals surface area contributed by atoms with Gasteiger partial charge >= 0.3 is 0 Å². The highest BCUT2D eigenvalue weighted by Crippen LogP contribution is 2.24. The van der Waals surface area contributed by atoms with Gasteiger partial charge in [-0.3, -0.25) is 4.98 Å². The van der Waals surface area contributed by atoms with Crippen LogP contribution in [-0.4, -0.2) is 54.2 Å². The molecule has 8 heteroatoms. The van der Waals surface area contributed by atoms with Gasteiger partial charge in [-0.1, -0.05) is 11.6 Å². The molecular formula is C20H24ClN7. The minimum Gasteiger partial charge on any atom is -0.384 e. The maximum Gasteiger partial charge on any atom is 0.224 e. The van der Waals surface area contributed by atoms with E-state index < -0.39 is 0 Å². The molecule has 3 aromatic rings. The van der Waals surface area contributed by atoms with Gasteiger partial charge in [0.15, 0.2) is 0 Å². The quantitative estimate of drug-likeness (QED) is 0.529. The van der Waals surface area contributed by atoms with Crippen LogP contribution in [0.3, 0.4) is 0 Å². The van der Waals surface area contributed by atoms with E-state index in [9.17, 15) is 0 Å². The monoisotopic (exact) mass is 397 g/mol. The molecule has 146 valence electrons. The predicted octanol–water partition coefficient (Wildman–Crippen LogP) is 3.00. The van der Waals surface area contributed by atoms with Gasteiger partial charge in [0.1, 0.15) is 5.82 Å². The molecule has 0 saturated carbocycles. The minimum absolute atomic E-state index is 0.681. The van der Waals surface area contributed by atoms with Crippen molar-refractivity contribution >= 4 is 40.0 Å². The first-order chi connectivity index (χ1) is 13.8. The lowest BCUT2D eigenvalue weighted by atomic mass is 10.2. The number of nitrogens with zero attached hydrogens (tertiary/aromatic N) is 4. The van der Waals surface area contributed by atoms with Crippen LogP contribution in [0.1, 0.15) is 6.42 Å². The van der Waals surface area contributed by atoms with Gasteiger partial charge in [-0.15, -0.1) is 0 Å². The Balaban J connectivity index is 1.27.